The maximum atomic E-state index is 12.6. The molecule has 1 heterocycles. The number of aromatic amines is 1. The molecule has 1 aromatic heterocycles. The van der Waals surface area contributed by atoms with Crippen molar-refractivity contribution in [3.05, 3.63) is 78.1 Å². The highest BCUT2D eigenvalue weighted by atomic mass is 32.2. The van der Waals surface area contributed by atoms with E-state index >= 15 is 0 Å². The molecule has 178 valence electrons. The van der Waals surface area contributed by atoms with Crippen LogP contribution in [0.15, 0.2) is 71.6 Å². The Labute approximate surface area is 194 Å². The van der Waals surface area contributed by atoms with Gasteiger partial charge in [0.1, 0.15) is 11.6 Å². The molecule has 10 heteroatoms. The Kier molecular flexibility index (Phi) is 6.37. The van der Waals surface area contributed by atoms with Crippen molar-refractivity contribution in [1.29, 1.82) is 0 Å². The molecule has 6 nitrogen and oxygen atoms in total. The van der Waals surface area contributed by atoms with Gasteiger partial charge in [0.25, 0.3) is 0 Å². The molecule has 0 aliphatic rings. The normalized spacial score (nSPS) is 13.2. The molecule has 0 spiro atoms. The van der Waals surface area contributed by atoms with E-state index in [-0.39, 0.29) is 10.6 Å². The first-order valence-corrected chi connectivity index (χ1v) is 12.0. The van der Waals surface area contributed by atoms with Crippen molar-refractivity contribution in [2.45, 2.75) is 36.9 Å². The number of hydrogen-bond acceptors (Lipinski definition) is 4. The van der Waals surface area contributed by atoms with Crippen molar-refractivity contribution in [2.75, 3.05) is 0 Å². The second kappa shape index (κ2) is 9.11. The number of benzene rings is 3. The largest absolute Gasteiger partial charge is 0.481 e. The van der Waals surface area contributed by atoms with Gasteiger partial charge in [-0.1, -0.05) is 36.4 Å². The van der Waals surface area contributed by atoms with E-state index in [2.05, 4.69) is 9.97 Å². The van der Waals surface area contributed by atoms with Crippen molar-refractivity contribution >= 4 is 21.1 Å². The lowest BCUT2D eigenvalue weighted by Gasteiger charge is -2.17. The van der Waals surface area contributed by atoms with Gasteiger partial charge in [-0.2, -0.15) is 13.2 Å². The quantitative estimate of drug-likeness (QED) is 0.382. The van der Waals surface area contributed by atoms with Crippen molar-refractivity contribution in [1.82, 2.24) is 9.97 Å². The van der Waals surface area contributed by atoms with Crippen LogP contribution in [0, 0.1) is 0 Å². The molecule has 1 unspecified atom stereocenters. The van der Waals surface area contributed by atoms with Gasteiger partial charge in [-0.05, 0) is 54.8 Å². The molecule has 0 aliphatic heterocycles. The summed E-state index contributed by atoms with van der Waals surface area (Å²) in [6.07, 6.45) is -5.09. The molecule has 4 aromatic rings. The summed E-state index contributed by atoms with van der Waals surface area (Å²) >= 11 is 0. The molecule has 0 saturated carbocycles. The van der Waals surface area contributed by atoms with E-state index in [1.807, 2.05) is 6.07 Å². The number of fused-ring (bicyclic) bond motifs is 1. The first kappa shape index (κ1) is 23.8. The highest BCUT2D eigenvalue weighted by Crippen LogP contribution is 2.29. The fourth-order valence-corrected chi connectivity index (χ4v) is 4.33. The van der Waals surface area contributed by atoms with Gasteiger partial charge < -0.3 is 9.72 Å². The van der Waals surface area contributed by atoms with Crippen molar-refractivity contribution < 1.29 is 26.3 Å². The number of nitrogens with one attached hydrogen (secondary N) is 1. The van der Waals surface area contributed by atoms with Gasteiger partial charge >= 0.3 is 6.18 Å². The van der Waals surface area contributed by atoms with Gasteiger partial charge in [-0.3, -0.25) is 0 Å². The molecule has 0 saturated heterocycles. The number of halogens is 3. The number of nitrogens with zero attached hydrogens (tertiary/aromatic N) is 1. The van der Waals surface area contributed by atoms with Gasteiger partial charge in [-0.15, -0.1) is 0 Å². The Morgan fingerprint density at radius 1 is 1.03 bits per heavy atom. The first-order chi connectivity index (χ1) is 16.0. The third kappa shape index (κ3) is 5.40. The number of primary sulfonamides is 1. The molecule has 0 amide bonds. The van der Waals surface area contributed by atoms with Crippen LogP contribution in [0.25, 0.3) is 22.2 Å². The van der Waals surface area contributed by atoms with E-state index in [1.165, 1.54) is 18.2 Å². The molecule has 3 N–H and O–H groups in total. The van der Waals surface area contributed by atoms with Crippen molar-refractivity contribution in [3.63, 3.8) is 0 Å². The van der Waals surface area contributed by atoms with E-state index in [0.29, 0.717) is 24.0 Å². The number of rotatable bonds is 7. The lowest BCUT2D eigenvalue weighted by Crippen LogP contribution is -2.31. The van der Waals surface area contributed by atoms with Crippen LogP contribution >= 0.6 is 0 Å². The molecule has 4 rings (SSSR count). The number of alkyl halides is 3. The smallest absolute Gasteiger partial charge is 0.425 e. The maximum Gasteiger partial charge on any atom is 0.425 e. The second-order valence-electron chi connectivity index (χ2n) is 7.90. The number of nitrogens with two attached hydrogens (primary N) is 1. The van der Waals surface area contributed by atoms with Crippen LogP contribution in [0.1, 0.15) is 18.3 Å². The van der Waals surface area contributed by atoms with E-state index in [9.17, 15) is 21.6 Å². The average molecular weight is 490 g/mol. The summed E-state index contributed by atoms with van der Waals surface area (Å²) in [4.78, 5) is 7.86. The van der Waals surface area contributed by atoms with Crippen molar-refractivity contribution in [2.24, 2.45) is 5.14 Å². The number of hydrogen-bond donors (Lipinski definition) is 2. The zero-order valence-corrected chi connectivity index (χ0v) is 19.0. The van der Waals surface area contributed by atoms with Crippen LogP contribution in [0.3, 0.4) is 0 Å². The highest BCUT2D eigenvalue weighted by molar-refractivity contribution is 7.89. The topological polar surface area (TPSA) is 98.1 Å². The van der Waals surface area contributed by atoms with Gasteiger partial charge in [0.15, 0.2) is 6.10 Å². The first-order valence-electron chi connectivity index (χ1n) is 10.4. The summed E-state index contributed by atoms with van der Waals surface area (Å²) in [6, 6.07) is 18.4. The number of H-pyrrole nitrogens is 1. The Balaban J connectivity index is 1.48. The molecule has 3 aromatic carbocycles. The minimum absolute atomic E-state index is 0.0474. The zero-order chi connectivity index (χ0) is 24.5. The monoisotopic (exact) mass is 489 g/mol. The van der Waals surface area contributed by atoms with Crippen LogP contribution in [0.2, 0.25) is 0 Å². The van der Waals surface area contributed by atoms with Crippen molar-refractivity contribution in [3.8, 4) is 16.9 Å². The third-order valence-electron chi connectivity index (χ3n) is 5.38. The predicted molar refractivity (Wildman–Crippen MR) is 123 cm³/mol. The fraction of sp³-hybridized carbons (Fsp3) is 0.208. The van der Waals surface area contributed by atoms with E-state index in [1.54, 1.807) is 42.5 Å². The summed E-state index contributed by atoms with van der Waals surface area (Å²) in [5.74, 6) is 0.891. The molecule has 1 atom stereocenters. The summed E-state index contributed by atoms with van der Waals surface area (Å²) in [5, 5.41) is 5.35. The van der Waals surface area contributed by atoms with Crippen LogP contribution < -0.4 is 9.88 Å². The highest BCUT2D eigenvalue weighted by Gasteiger charge is 2.38. The lowest BCUT2D eigenvalue weighted by molar-refractivity contribution is -0.189. The molecular weight excluding hydrogens is 467 g/mol. The zero-order valence-electron chi connectivity index (χ0n) is 18.1. The van der Waals surface area contributed by atoms with E-state index in [0.717, 1.165) is 29.3 Å². The van der Waals surface area contributed by atoms with Gasteiger partial charge in [0, 0.05) is 12.0 Å². The Hall–Kier alpha value is -3.37. The van der Waals surface area contributed by atoms with Crippen LogP contribution in [-0.4, -0.2) is 30.7 Å². The van der Waals surface area contributed by atoms with E-state index in [4.69, 9.17) is 9.88 Å². The summed E-state index contributed by atoms with van der Waals surface area (Å²) in [7, 11) is -3.88. The lowest BCUT2D eigenvalue weighted by atomic mass is 10.1. The molecule has 34 heavy (non-hydrogen) atoms. The number of ether oxygens (including phenoxy) is 1. The number of sulfonamides is 1. The van der Waals surface area contributed by atoms with Gasteiger partial charge in [0.05, 0.1) is 15.9 Å². The van der Waals surface area contributed by atoms with Crippen LogP contribution in [0.4, 0.5) is 13.2 Å². The summed E-state index contributed by atoms with van der Waals surface area (Å²) in [6.45, 7) is 0.967. The molecule has 0 aliphatic carbocycles. The standard InChI is InChI=1S/C24H22F3N3O3S/c1-15(24(25,26)27)33-18-10-6-16(7-11-18)8-13-23-29-20-12-9-17(14-21(20)30-23)19-4-2-3-5-22(19)34(28,31)32/h2-7,9-12,14-15H,8,13H2,1H3,(H,29,30)(H2,28,31,32). The van der Waals surface area contributed by atoms with Gasteiger partial charge in [-0.25, -0.2) is 18.5 Å². The molecular formula is C24H22F3N3O3S. The average Bonchev–Trinajstić information content (AvgIpc) is 3.19. The number of aryl methyl sites for hydroxylation is 2. The summed E-state index contributed by atoms with van der Waals surface area (Å²) < 4.78 is 66.7. The Bertz CT molecular complexity index is 1410. The predicted octanol–water partition coefficient (Wildman–Crippen LogP) is 4.99. The molecule has 0 bridgehead atoms. The number of imidazole rings is 1. The maximum absolute atomic E-state index is 12.6. The Morgan fingerprint density at radius 2 is 1.74 bits per heavy atom. The van der Waals surface area contributed by atoms with Crippen LogP contribution in [0.5, 0.6) is 5.75 Å². The Morgan fingerprint density at radius 3 is 2.41 bits per heavy atom. The fourth-order valence-electron chi connectivity index (χ4n) is 3.57. The minimum atomic E-state index is -4.42. The number of aromatic nitrogens is 2. The molecule has 0 radical (unpaired) electrons. The minimum Gasteiger partial charge on any atom is -0.481 e. The van der Waals surface area contributed by atoms with Crippen LogP contribution in [-0.2, 0) is 22.9 Å². The van der Waals surface area contributed by atoms with E-state index < -0.39 is 22.3 Å². The van der Waals surface area contributed by atoms with Gasteiger partial charge in [0.2, 0.25) is 10.0 Å². The molecule has 0 fully saturated rings. The SMILES string of the molecule is CC(Oc1ccc(CCc2nc3ccc(-c4ccccc4S(N)(=O)=O)cc3[nH]2)cc1)C(F)(F)F. The summed E-state index contributed by atoms with van der Waals surface area (Å²) in [5.41, 5.74) is 3.61. The second-order valence-corrected chi connectivity index (χ2v) is 9.43. The third-order valence-corrected chi connectivity index (χ3v) is 6.35.